The quantitative estimate of drug-likeness (QED) is 0.312. The predicted molar refractivity (Wildman–Crippen MR) is 115 cm³/mol. The molecule has 0 saturated carbocycles. The second kappa shape index (κ2) is 10.2. The number of anilines is 1. The van der Waals surface area contributed by atoms with Crippen LogP contribution in [0.15, 0.2) is 18.2 Å². The van der Waals surface area contributed by atoms with Crippen molar-refractivity contribution in [3.8, 4) is 0 Å². The summed E-state index contributed by atoms with van der Waals surface area (Å²) in [4.78, 5) is 74.0. The molecule has 0 aromatic heterocycles. The van der Waals surface area contributed by atoms with E-state index in [2.05, 4.69) is 0 Å². The van der Waals surface area contributed by atoms with E-state index in [9.17, 15) is 28.8 Å². The zero-order valence-electron chi connectivity index (χ0n) is 19.8. The van der Waals surface area contributed by atoms with Crippen LogP contribution in [0.25, 0.3) is 0 Å². The molecule has 0 spiro atoms. The molecule has 1 saturated heterocycles. The maximum Gasteiger partial charge on any atom is 0.303 e. The Morgan fingerprint density at radius 2 is 1.43 bits per heavy atom. The van der Waals surface area contributed by atoms with Gasteiger partial charge in [-0.2, -0.15) is 0 Å². The van der Waals surface area contributed by atoms with Gasteiger partial charge in [0.2, 0.25) is 0 Å². The largest absolute Gasteiger partial charge is 0.463 e. The SMILES string of the molecule is CC(=O)OC[C@H]1O[C@@H](N2C(=O)C(=O)c3cc(C)ccc32)[C@@H](OC(C)=O)[C@@H](OC(C)=O)[C@@H]1OC(C)=O. The topological polar surface area (TPSA) is 152 Å². The average Bonchev–Trinajstić information content (AvgIpc) is 2.98. The van der Waals surface area contributed by atoms with Gasteiger partial charge in [-0.15, -0.1) is 0 Å². The molecule has 3 rings (SSSR count). The van der Waals surface area contributed by atoms with Crippen LogP contribution in [-0.4, -0.2) is 72.8 Å². The molecule has 1 fully saturated rings. The Balaban J connectivity index is 2.14. The van der Waals surface area contributed by atoms with E-state index in [0.717, 1.165) is 38.2 Å². The summed E-state index contributed by atoms with van der Waals surface area (Å²) < 4.78 is 27.1. The zero-order valence-corrected chi connectivity index (χ0v) is 19.8. The van der Waals surface area contributed by atoms with Crippen LogP contribution in [0.5, 0.6) is 0 Å². The molecular weight excluding hydrogens is 466 g/mol. The summed E-state index contributed by atoms with van der Waals surface area (Å²) in [6.45, 7) is 5.71. The Morgan fingerprint density at radius 3 is 2.00 bits per heavy atom. The summed E-state index contributed by atoms with van der Waals surface area (Å²) in [6.07, 6.45) is -7.07. The summed E-state index contributed by atoms with van der Waals surface area (Å²) in [5.74, 6) is -4.86. The summed E-state index contributed by atoms with van der Waals surface area (Å²) >= 11 is 0. The van der Waals surface area contributed by atoms with E-state index in [1.165, 1.54) is 12.1 Å². The lowest BCUT2D eigenvalue weighted by molar-refractivity contribution is -0.251. The Morgan fingerprint density at radius 1 is 0.857 bits per heavy atom. The summed E-state index contributed by atoms with van der Waals surface area (Å²) in [7, 11) is 0. The first-order chi connectivity index (χ1) is 16.4. The third-order valence-electron chi connectivity index (χ3n) is 5.29. The third-order valence-corrected chi connectivity index (χ3v) is 5.29. The fourth-order valence-electron chi connectivity index (χ4n) is 4.04. The maximum absolute atomic E-state index is 13.0. The molecule has 12 nitrogen and oxygen atoms in total. The lowest BCUT2D eigenvalue weighted by atomic mass is 9.96. The summed E-state index contributed by atoms with van der Waals surface area (Å²) in [6, 6.07) is 4.73. The van der Waals surface area contributed by atoms with E-state index in [0.29, 0.717) is 0 Å². The van der Waals surface area contributed by atoms with Crippen LogP contribution in [0.1, 0.15) is 43.6 Å². The number of ketones is 1. The Bertz CT molecular complexity index is 1080. The van der Waals surface area contributed by atoms with Crippen LogP contribution < -0.4 is 4.90 Å². The lowest BCUT2D eigenvalue weighted by Gasteiger charge is -2.46. The average molecular weight is 491 g/mol. The van der Waals surface area contributed by atoms with Crippen LogP contribution in [-0.2, 0) is 47.7 Å². The van der Waals surface area contributed by atoms with Gasteiger partial charge >= 0.3 is 29.8 Å². The van der Waals surface area contributed by atoms with Crippen molar-refractivity contribution in [1.29, 1.82) is 0 Å². The number of esters is 4. The number of Topliss-reactive ketones (excluding diaryl/α,β-unsaturated/α-hetero) is 1. The fourth-order valence-corrected chi connectivity index (χ4v) is 4.04. The molecule has 2 heterocycles. The minimum absolute atomic E-state index is 0.114. The van der Waals surface area contributed by atoms with Crippen LogP contribution >= 0.6 is 0 Å². The molecule has 0 radical (unpaired) electrons. The standard InChI is InChI=1S/C23H25NO11/c1-10-6-7-16-15(8-10)18(29)22(30)24(16)23-21(34-14(5)28)20(33-13(4)27)19(32-12(3)26)17(35-23)9-31-11(2)25/h6-8,17,19-21,23H,9H2,1-5H3/t17-,19-,20+,21+,23-/m1/s1. The van der Waals surface area contributed by atoms with E-state index in [1.54, 1.807) is 13.0 Å². The highest BCUT2D eigenvalue weighted by molar-refractivity contribution is 6.52. The van der Waals surface area contributed by atoms with Crippen molar-refractivity contribution in [3.63, 3.8) is 0 Å². The molecule has 35 heavy (non-hydrogen) atoms. The zero-order chi connectivity index (χ0) is 26.0. The second-order valence-electron chi connectivity index (χ2n) is 8.11. The van der Waals surface area contributed by atoms with E-state index in [-0.39, 0.29) is 11.3 Å². The highest BCUT2D eigenvalue weighted by Crippen LogP contribution is 2.38. The lowest BCUT2D eigenvalue weighted by Crippen LogP contribution is -2.67. The van der Waals surface area contributed by atoms with Gasteiger partial charge in [0.15, 0.2) is 24.5 Å². The van der Waals surface area contributed by atoms with Crippen molar-refractivity contribution in [2.45, 2.75) is 65.3 Å². The van der Waals surface area contributed by atoms with Gasteiger partial charge in [0.05, 0.1) is 11.3 Å². The minimum Gasteiger partial charge on any atom is -0.463 e. The third kappa shape index (κ3) is 5.48. The molecule has 1 aromatic rings. The fraction of sp³-hybridized carbons (Fsp3) is 0.478. The van der Waals surface area contributed by atoms with E-state index < -0.39 is 72.8 Å². The normalized spacial score (nSPS) is 25.5. The van der Waals surface area contributed by atoms with Crippen LogP contribution in [0.4, 0.5) is 5.69 Å². The van der Waals surface area contributed by atoms with Crippen LogP contribution in [0.3, 0.4) is 0 Å². The molecule has 2 aliphatic heterocycles. The first-order valence-electron chi connectivity index (χ1n) is 10.7. The van der Waals surface area contributed by atoms with Gasteiger partial charge in [0.1, 0.15) is 12.7 Å². The molecule has 0 aliphatic carbocycles. The van der Waals surface area contributed by atoms with Crippen LogP contribution in [0, 0.1) is 6.92 Å². The Hall–Kier alpha value is -3.80. The van der Waals surface area contributed by atoms with Crippen molar-refractivity contribution >= 4 is 41.3 Å². The number of rotatable bonds is 6. The van der Waals surface area contributed by atoms with Crippen molar-refractivity contribution in [2.75, 3.05) is 11.5 Å². The summed E-state index contributed by atoms with van der Waals surface area (Å²) in [5, 5.41) is 0. The number of ether oxygens (including phenoxy) is 5. The van der Waals surface area contributed by atoms with Crippen molar-refractivity contribution < 1.29 is 52.5 Å². The number of nitrogens with zero attached hydrogens (tertiary/aromatic N) is 1. The smallest absolute Gasteiger partial charge is 0.303 e. The molecule has 1 aromatic carbocycles. The Labute approximate surface area is 200 Å². The summed E-state index contributed by atoms with van der Waals surface area (Å²) in [5.41, 5.74) is 1.03. The van der Waals surface area contributed by atoms with Crippen molar-refractivity contribution in [1.82, 2.24) is 0 Å². The van der Waals surface area contributed by atoms with Gasteiger partial charge in [0.25, 0.3) is 5.78 Å². The van der Waals surface area contributed by atoms with Gasteiger partial charge in [-0.1, -0.05) is 11.6 Å². The molecule has 0 N–H and O–H groups in total. The number of carbonyl (C=O) groups excluding carboxylic acids is 6. The molecule has 5 atom stereocenters. The number of amides is 1. The number of hydrogen-bond donors (Lipinski definition) is 0. The minimum atomic E-state index is -1.50. The molecule has 0 bridgehead atoms. The van der Waals surface area contributed by atoms with Crippen molar-refractivity contribution in [3.05, 3.63) is 29.3 Å². The number of benzene rings is 1. The van der Waals surface area contributed by atoms with Gasteiger partial charge in [-0.3, -0.25) is 33.7 Å². The van der Waals surface area contributed by atoms with Gasteiger partial charge in [0, 0.05) is 27.7 Å². The highest BCUT2D eigenvalue weighted by Gasteiger charge is 2.56. The van der Waals surface area contributed by atoms with Gasteiger partial charge < -0.3 is 23.7 Å². The second-order valence-corrected chi connectivity index (χ2v) is 8.11. The molecule has 12 heteroatoms. The van der Waals surface area contributed by atoms with E-state index >= 15 is 0 Å². The maximum atomic E-state index is 13.0. The number of hydrogen-bond acceptors (Lipinski definition) is 11. The van der Waals surface area contributed by atoms with E-state index in [1.807, 2.05) is 0 Å². The number of carbonyl (C=O) groups is 6. The van der Waals surface area contributed by atoms with Crippen LogP contribution in [0.2, 0.25) is 0 Å². The monoisotopic (exact) mass is 491 g/mol. The van der Waals surface area contributed by atoms with E-state index in [4.69, 9.17) is 23.7 Å². The molecule has 2 aliphatic rings. The molecule has 188 valence electrons. The highest BCUT2D eigenvalue weighted by atomic mass is 16.7. The number of aryl methyl sites for hydroxylation is 1. The molecular formula is C23H25NO11. The molecule has 1 amide bonds. The first kappa shape index (κ1) is 25.8. The van der Waals surface area contributed by atoms with Gasteiger partial charge in [-0.05, 0) is 19.1 Å². The molecule has 0 unspecified atom stereocenters. The van der Waals surface area contributed by atoms with Crippen molar-refractivity contribution in [2.24, 2.45) is 0 Å². The Kier molecular flexibility index (Phi) is 7.54. The predicted octanol–water partition coefficient (Wildman–Crippen LogP) is 0.607. The number of fused-ring (bicyclic) bond motifs is 1. The van der Waals surface area contributed by atoms with Gasteiger partial charge in [-0.25, -0.2) is 0 Å². The first-order valence-corrected chi connectivity index (χ1v) is 10.7.